The van der Waals surface area contributed by atoms with E-state index in [9.17, 15) is 14.4 Å². The summed E-state index contributed by atoms with van der Waals surface area (Å²) in [5, 5.41) is 0.861. The van der Waals surface area contributed by atoms with E-state index in [0.717, 1.165) is 10.6 Å². The number of Topliss-reactive ketones (excluding diaryl/α,β-unsaturated/α-hetero) is 1. The molecule has 0 unspecified atom stereocenters. The predicted molar refractivity (Wildman–Crippen MR) is 93.2 cm³/mol. The number of aryl methyl sites for hydroxylation is 1. The number of ketones is 1. The van der Waals surface area contributed by atoms with Crippen LogP contribution in [0.2, 0.25) is 0 Å². The van der Waals surface area contributed by atoms with Gasteiger partial charge in [-0.25, -0.2) is 20.0 Å². The predicted octanol–water partition coefficient (Wildman–Crippen LogP) is 3.46. The van der Waals surface area contributed by atoms with Gasteiger partial charge < -0.3 is 9.47 Å². The van der Waals surface area contributed by atoms with Crippen molar-refractivity contribution in [3.05, 3.63) is 35.4 Å². The van der Waals surface area contributed by atoms with Gasteiger partial charge in [0.1, 0.15) is 6.04 Å². The monoisotopic (exact) mass is 350 g/mol. The molecule has 7 nitrogen and oxygen atoms in total. The van der Waals surface area contributed by atoms with Crippen LogP contribution in [0.5, 0.6) is 0 Å². The van der Waals surface area contributed by atoms with E-state index in [4.69, 9.17) is 9.47 Å². The van der Waals surface area contributed by atoms with Gasteiger partial charge in [0, 0.05) is 5.56 Å². The average molecular weight is 350 g/mol. The summed E-state index contributed by atoms with van der Waals surface area (Å²) in [6.45, 7) is 10.0. The third-order valence-corrected chi connectivity index (χ3v) is 3.26. The lowest BCUT2D eigenvalue weighted by molar-refractivity contribution is 0.0326. The first kappa shape index (κ1) is 20.5. The minimum Gasteiger partial charge on any atom is -0.446 e. The summed E-state index contributed by atoms with van der Waals surface area (Å²) < 4.78 is 10.1. The molecule has 25 heavy (non-hydrogen) atoms. The van der Waals surface area contributed by atoms with Gasteiger partial charge in [0.15, 0.2) is 5.78 Å². The zero-order valence-electron chi connectivity index (χ0n) is 15.5. The van der Waals surface area contributed by atoms with Gasteiger partial charge in [0.2, 0.25) is 0 Å². The van der Waals surface area contributed by atoms with Crippen LogP contribution < -0.4 is 5.43 Å². The molecule has 0 saturated carbocycles. The molecule has 0 aliphatic rings. The van der Waals surface area contributed by atoms with Gasteiger partial charge in [0.05, 0.1) is 12.2 Å². The maximum Gasteiger partial charge on any atom is 0.429 e. The number of ether oxygens (including phenoxy) is 2. The van der Waals surface area contributed by atoms with Crippen molar-refractivity contribution in [3.8, 4) is 0 Å². The lowest BCUT2D eigenvalue weighted by Gasteiger charge is -2.28. The largest absolute Gasteiger partial charge is 0.446 e. The summed E-state index contributed by atoms with van der Waals surface area (Å²) in [6, 6.07) is 6.07. The topological polar surface area (TPSA) is 84.9 Å². The molecule has 0 aliphatic heterocycles. The molecule has 1 aromatic rings. The van der Waals surface area contributed by atoms with E-state index in [1.807, 2.05) is 6.07 Å². The van der Waals surface area contributed by atoms with Crippen molar-refractivity contribution in [3.63, 3.8) is 0 Å². The number of nitrogens with zero attached hydrogens (tertiary/aromatic N) is 1. The summed E-state index contributed by atoms with van der Waals surface area (Å²) in [7, 11) is 0. The molecule has 0 fully saturated rings. The highest BCUT2D eigenvalue weighted by Gasteiger charge is 2.31. The maximum absolute atomic E-state index is 12.8. The molecule has 0 heterocycles. The van der Waals surface area contributed by atoms with Gasteiger partial charge in [-0.05, 0) is 47.1 Å². The van der Waals surface area contributed by atoms with Gasteiger partial charge in [0.25, 0.3) is 0 Å². The third-order valence-electron chi connectivity index (χ3n) is 3.26. The Morgan fingerprint density at radius 2 is 1.52 bits per heavy atom. The van der Waals surface area contributed by atoms with E-state index < -0.39 is 24.3 Å². The van der Waals surface area contributed by atoms with Crippen LogP contribution in [-0.4, -0.2) is 41.2 Å². The molecule has 0 spiro atoms. The van der Waals surface area contributed by atoms with Gasteiger partial charge in [-0.1, -0.05) is 24.3 Å². The van der Waals surface area contributed by atoms with Crippen LogP contribution in [0.4, 0.5) is 9.59 Å². The molecule has 0 bridgehead atoms. The molecule has 138 valence electrons. The molecular formula is C18H26N2O5. The van der Waals surface area contributed by atoms with Crippen molar-refractivity contribution >= 4 is 18.0 Å². The van der Waals surface area contributed by atoms with Gasteiger partial charge in [-0.2, -0.15) is 0 Å². The quantitative estimate of drug-likeness (QED) is 0.649. The molecule has 7 heteroatoms. The van der Waals surface area contributed by atoms with Crippen LogP contribution >= 0.6 is 0 Å². The fourth-order valence-electron chi connectivity index (χ4n) is 2.09. The molecule has 0 saturated heterocycles. The second kappa shape index (κ2) is 9.05. The van der Waals surface area contributed by atoms with E-state index in [1.54, 1.807) is 52.8 Å². The Labute approximate surface area is 148 Å². The number of rotatable bonds is 5. The summed E-state index contributed by atoms with van der Waals surface area (Å²) >= 11 is 0. The fraction of sp³-hybridized carbons (Fsp3) is 0.500. The molecule has 1 N–H and O–H groups in total. The zero-order chi connectivity index (χ0) is 19.1. The highest BCUT2D eigenvalue weighted by Crippen LogP contribution is 2.14. The number of amides is 2. The van der Waals surface area contributed by atoms with Crippen molar-refractivity contribution < 1.29 is 23.9 Å². The molecule has 0 aromatic heterocycles. The van der Waals surface area contributed by atoms with Crippen molar-refractivity contribution in [2.75, 3.05) is 0 Å². The van der Waals surface area contributed by atoms with Crippen LogP contribution in [-0.2, 0) is 9.47 Å². The maximum atomic E-state index is 12.8. The average Bonchev–Trinajstić information content (AvgIpc) is 2.50. The number of benzene rings is 1. The molecule has 1 aromatic carbocycles. The number of nitrogens with one attached hydrogen (secondary N) is 1. The Morgan fingerprint density at radius 1 is 0.960 bits per heavy atom. The van der Waals surface area contributed by atoms with Gasteiger partial charge >= 0.3 is 12.2 Å². The smallest absolute Gasteiger partial charge is 0.429 e. The van der Waals surface area contributed by atoms with Crippen molar-refractivity contribution in [2.45, 2.75) is 59.8 Å². The van der Waals surface area contributed by atoms with Crippen LogP contribution in [0, 0.1) is 6.92 Å². The lowest BCUT2D eigenvalue weighted by atomic mass is 10.0. The standard InChI is InChI=1S/C18H26N2O5/c1-11(2)24-17(22)19-20(18(23)25-12(3)4)14(6)16(21)15-10-8-7-9-13(15)5/h7-12,14H,1-6H3,(H,19,22)/t14-/m1/s1. The second-order valence-corrected chi connectivity index (χ2v) is 6.22. The molecule has 1 atom stereocenters. The Bertz CT molecular complexity index is 628. The first-order chi connectivity index (χ1) is 11.6. The number of hydrogen-bond donors (Lipinski definition) is 1. The normalized spacial score (nSPS) is 11.8. The highest BCUT2D eigenvalue weighted by molar-refractivity contribution is 6.02. The van der Waals surface area contributed by atoms with Crippen LogP contribution in [0.15, 0.2) is 24.3 Å². The summed E-state index contributed by atoms with van der Waals surface area (Å²) in [5.41, 5.74) is 3.55. The van der Waals surface area contributed by atoms with E-state index in [0.29, 0.717) is 5.56 Å². The number of hydrogen-bond acceptors (Lipinski definition) is 5. The van der Waals surface area contributed by atoms with Gasteiger partial charge in [-0.15, -0.1) is 0 Å². The van der Waals surface area contributed by atoms with E-state index >= 15 is 0 Å². The zero-order valence-corrected chi connectivity index (χ0v) is 15.5. The first-order valence-corrected chi connectivity index (χ1v) is 8.20. The van der Waals surface area contributed by atoms with Crippen molar-refractivity contribution in [2.24, 2.45) is 0 Å². The molecule has 0 radical (unpaired) electrons. The summed E-state index contributed by atoms with van der Waals surface area (Å²) in [5.74, 6) is -0.316. The Hall–Kier alpha value is -2.57. The van der Waals surface area contributed by atoms with E-state index in [1.165, 1.54) is 6.92 Å². The fourth-order valence-corrected chi connectivity index (χ4v) is 2.09. The van der Waals surface area contributed by atoms with Crippen LogP contribution in [0.3, 0.4) is 0 Å². The number of carbonyl (C=O) groups is 3. The van der Waals surface area contributed by atoms with E-state index in [2.05, 4.69) is 5.43 Å². The third kappa shape index (κ3) is 6.10. The molecular weight excluding hydrogens is 324 g/mol. The Balaban J connectivity index is 3.04. The number of hydrazine groups is 1. The Morgan fingerprint density at radius 3 is 2.04 bits per heavy atom. The Kier molecular flexibility index (Phi) is 7.42. The second-order valence-electron chi connectivity index (χ2n) is 6.22. The van der Waals surface area contributed by atoms with Crippen molar-refractivity contribution in [1.29, 1.82) is 0 Å². The van der Waals surface area contributed by atoms with Crippen LogP contribution in [0.1, 0.15) is 50.5 Å². The molecule has 1 rings (SSSR count). The van der Waals surface area contributed by atoms with Gasteiger partial charge in [-0.3, -0.25) is 4.79 Å². The SMILES string of the molecule is Cc1ccccc1C(=O)[C@@H](C)N(NC(=O)OC(C)C)C(=O)OC(C)C. The summed E-state index contributed by atoms with van der Waals surface area (Å²) in [4.78, 5) is 37.0. The summed E-state index contributed by atoms with van der Waals surface area (Å²) in [6.07, 6.45) is -2.44. The molecule has 2 amide bonds. The van der Waals surface area contributed by atoms with Crippen LogP contribution in [0.25, 0.3) is 0 Å². The lowest BCUT2D eigenvalue weighted by Crippen LogP contribution is -2.54. The minimum absolute atomic E-state index is 0.316. The first-order valence-electron chi connectivity index (χ1n) is 8.20. The van der Waals surface area contributed by atoms with E-state index in [-0.39, 0.29) is 11.9 Å². The highest BCUT2D eigenvalue weighted by atomic mass is 16.6. The number of carbonyl (C=O) groups excluding carboxylic acids is 3. The minimum atomic E-state index is -0.966. The molecule has 0 aliphatic carbocycles. The van der Waals surface area contributed by atoms with Crippen molar-refractivity contribution in [1.82, 2.24) is 10.4 Å².